The lowest BCUT2D eigenvalue weighted by atomic mass is 9.94. The van der Waals surface area contributed by atoms with Gasteiger partial charge in [-0.1, -0.05) is 44.2 Å². The Balaban J connectivity index is 1.92. The number of hydrogen-bond donors (Lipinski definition) is 1. The summed E-state index contributed by atoms with van der Waals surface area (Å²) >= 11 is 0. The lowest BCUT2D eigenvalue weighted by Gasteiger charge is -2.16. The molecule has 0 amide bonds. The minimum absolute atomic E-state index is 0.341. The first-order chi connectivity index (χ1) is 9.70. The van der Waals surface area contributed by atoms with Crippen LogP contribution in [0.5, 0.6) is 0 Å². The molecule has 108 valence electrons. The monoisotopic (exact) mass is 273 g/mol. The van der Waals surface area contributed by atoms with E-state index in [0.717, 1.165) is 25.2 Å². The molecule has 1 aromatic carbocycles. The number of aromatic nitrogens is 3. The Hall–Kier alpha value is -1.68. The predicted octanol–water partition coefficient (Wildman–Crippen LogP) is 2.79. The van der Waals surface area contributed by atoms with Crippen LogP contribution in [0.3, 0.4) is 0 Å². The van der Waals surface area contributed by atoms with Crippen molar-refractivity contribution in [3.8, 4) is 0 Å². The standard InChI is InChI=1S/C16H23N3O/c1-3-9-19-16(17-12-18-19)11-15(20)10-13(2)14-7-5-4-6-8-14/h4-8,12-13,15,20H,3,9-11H2,1-2H3. The van der Waals surface area contributed by atoms with E-state index in [1.54, 1.807) is 6.33 Å². The number of rotatable bonds is 7. The van der Waals surface area contributed by atoms with Gasteiger partial charge in [-0.15, -0.1) is 0 Å². The molecule has 0 aliphatic rings. The van der Waals surface area contributed by atoms with Crippen LogP contribution in [-0.4, -0.2) is 26.0 Å². The van der Waals surface area contributed by atoms with Crippen LogP contribution in [0.1, 0.15) is 44.0 Å². The number of benzene rings is 1. The van der Waals surface area contributed by atoms with E-state index >= 15 is 0 Å². The van der Waals surface area contributed by atoms with E-state index in [9.17, 15) is 5.11 Å². The molecule has 2 rings (SSSR count). The van der Waals surface area contributed by atoms with E-state index in [-0.39, 0.29) is 6.10 Å². The lowest BCUT2D eigenvalue weighted by Crippen LogP contribution is -2.17. The maximum atomic E-state index is 10.3. The summed E-state index contributed by atoms with van der Waals surface area (Å²) < 4.78 is 1.89. The Bertz CT molecular complexity index is 509. The Labute approximate surface area is 120 Å². The molecule has 0 saturated heterocycles. The minimum atomic E-state index is -0.384. The summed E-state index contributed by atoms with van der Waals surface area (Å²) in [7, 11) is 0. The smallest absolute Gasteiger partial charge is 0.138 e. The first kappa shape index (κ1) is 14.7. The summed E-state index contributed by atoms with van der Waals surface area (Å²) in [4.78, 5) is 4.25. The Morgan fingerprint density at radius 2 is 2.00 bits per heavy atom. The molecule has 0 bridgehead atoms. The summed E-state index contributed by atoms with van der Waals surface area (Å²) in [6, 6.07) is 10.3. The number of nitrogens with zero attached hydrogens (tertiary/aromatic N) is 3. The van der Waals surface area contributed by atoms with Crippen molar-refractivity contribution in [3.05, 3.63) is 48.0 Å². The highest BCUT2D eigenvalue weighted by Crippen LogP contribution is 2.21. The zero-order chi connectivity index (χ0) is 14.4. The molecule has 4 heteroatoms. The van der Waals surface area contributed by atoms with Crippen LogP contribution in [-0.2, 0) is 13.0 Å². The molecule has 1 heterocycles. The summed E-state index contributed by atoms with van der Waals surface area (Å²) in [5, 5.41) is 14.5. The van der Waals surface area contributed by atoms with Gasteiger partial charge in [0, 0.05) is 13.0 Å². The van der Waals surface area contributed by atoms with Gasteiger partial charge >= 0.3 is 0 Å². The topological polar surface area (TPSA) is 50.9 Å². The van der Waals surface area contributed by atoms with Gasteiger partial charge in [0.1, 0.15) is 12.2 Å². The second-order valence-corrected chi connectivity index (χ2v) is 5.30. The van der Waals surface area contributed by atoms with Crippen molar-refractivity contribution in [1.82, 2.24) is 14.8 Å². The van der Waals surface area contributed by atoms with Gasteiger partial charge in [0.05, 0.1) is 6.10 Å². The van der Waals surface area contributed by atoms with Crippen LogP contribution in [0.25, 0.3) is 0 Å². The third-order valence-corrected chi connectivity index (χ3v) is 3.54. The minimum Gasteiger partial charge on any atom is -0.393 e. The average Bonchev–Trinajstić information content (AvgIpc) is 2.87. The average molecular weight is 273 g/mol. The molecular formula is C16H23N3O. The highest BCUT2D eigenvalue weighted by atomic mass is 16.3. The van der Waals surface area contributed by atoms with Gasteiger partial charge in [-0.25, -0.2) is 4.98 Å². The van der Waals surface area contributed by atoms with Crippen molar-refractivity contribution in [2.45, 2.75) is 51.7 Å². The SMILES string of the molecule is CCCn1ncnc1CC(O)CC(C)c1ccccc1. The van der Waals surface area contributed by atoms with Gasteiger partial charge < -0.3 is 5.11 Å². The third-order valence-electron chi connectivity index (χ3n) is 3.54. The molecule has 2 atom stereocenters. The Kier molecular flexibility index (Phi) is 5.30. The van der Waals surface area contributed by atoms with Crippen molar-refractivity contribution in [2.24, 2.45) is 0 Å². The summed E-state index contributed by atoms with van der Waals surface area (Å²) in [6.07, 6.45) is 3.51. The lowest BCUT2D eigenvalue weighted by molar-refractivity contribution is 0.153. The maximum absolute atomic E-state index is 10.3. The molecular weight excluding hydrogens is 250 g/mol. The van der Waals surface area contributed by atoms with Crippen molar-refractivity contribution >= 4 is 0 Å². The molecule has 0 fully saturated rings. The second kappa shape index (κ2) is 7.20. The molecule has 0 saturated carbocycles. The molecule has 4 nitrogen and oxygen atoms in total. The highest BCUT2D eigenvalue weighted by Gasteiger charge is 2.15. The molecule has 2 aromatic rings. The van der Waals surface area contributed by atoms with Gasteiger partial charge in [-0.2, -0.15) is 5.10 Å². The molecule has 1 N–H and O–H groups in total. The van der Waals surface area contributed by atoms with Crippen LogP contribution in [0.4, 0.5) is 0 Å². The van der Waals surface area contributed by atoms with Crippen LogP contribution in [0, 0.1) is 0 Å². The molecule has 0 radical (unpaired) electrons. The molecule has 1 aromatic heterocycles. The quantitative estimate of drug-likeness (QED) is 0.844. The van der Waals surface area contributed by atoms with Crippen LogP contribution < -0.4 is 0 Å². The van der Waals surface area contributed by atoms with Crippen LogP contribution >= 0.6 is 0 Å². The number of aliphatic hydroxyl groups excluding tert-OH is 1. The first-order valence-corrected chi connectivity index (χ1v) is 7.30. The normalized spacial score (nSPS) is 14.2. The molecule has 0 aliphatic carbocycles. The van der Waals surface area contributed by atoms with Crippen molar-refractivity contribution in [2.75, 3.05) is 0 Å². The first-order valence-electron chi connectivity index (χ1n) is 7.30. The van der Waals surface area contributed by atoms with Crippen LogP contribution in [0.15, 0.2) is 36.7 Å². The van der Waals surface area contributed by atoms with Crippen molar-refractivity contribution in [1.29, 1.82) is 0 Å². The van der Waals surface area contributed by atoms with Gasteiger partial charge in [-0.05, 0) is 24.3 Å². The number of aryl methyl sites for hydroxylation is 1. The number of aliphatic hydroxyl groups is 1. The van der Waals surface area contributed by atoms with E-state index in [4.69, 9.17) is 0 Å². The van der Waals surface area contributed by atoms with E-state index < -0.39 is 0 Å². The molecule has 20 heavy (non-hydrogen) atoms. The highest BCUT2D eigenvalue weighted by molar-refractivity contribution is 5.18. The summed E-state index contributed by atoms with van der Waals surface area (Å²) in [5.41, 5.74) is 1.27. The molecule has 0 spiro atoms. The van der Waals surface area contributed by atoms with E-state index in [2.05, 4.69) is 36.1 Å². The predicted molar refractivity (Wildman–Crippen MR) is 79.5 cm³/mol. The van der Waals surface area contributed by atoms with Gasteiger partial charge in [0.2, 0.25) is 0 Å². The number of hydrogen-bond acceptors (Lipinski definition) is 3. The fraction of sp³-hybridized carbons (Fsp3) is 0.500. The van der Waals surface area contributed by atoms with Crippen LogP contribution in [0.2, 0.25) is 0 Å². The fourth-order valence-electron chi connectivity index (χ4n) is 2.46. The van der Waals surface area contributed by atoms with Gasteiger partial charge in [0.25, 0.3) is 0 Å². The summed E-state index contributed by atoms with van der Waals surface area (Å²) in [5.74, 6) is 1.22. The third kappa shape index (κ3) is 3.90. The zero-order valence-electron chi connectivity index (χ0n) is 12.2. The molecule has 2 unspecified atom stereocenters. The molecule has 0 aliphatic heterocycles. The van der Waals surface area contributed by atoms with Gasteiger partial charge in [-0.3, -0.25) is 4.68 Å². The fourth-order valence-corrected chi connectivity index (χ4v) is 2.46. The summed E-state index contributed by atoms with van der Waals surface area (Å²) in [6.45, 7) is 5.12. The van der Waals surface area contributed by atoms with Crippen molar-refractivity contribution in [3.63, 3.8) is 0 Å². The Morgan fingerprint density at radius 1 is 1.25 bits per heavy atom. The second-order valence-electron chi connectivity index (χ2n) is 5.30. The van der Waals surface area contributed by atoms with Gasteiger partial charge in [0.15, 0.2) is 0 Å². The Morgan fingerprint density at radius 3 is 2.70 bits per heavy atom. The van der Waals surface area contributed by atoms with Crippen molar-refractivity contribution < 1.29 is 5.11 Å². The maximum Gasteiger partial charge on any atom is 0.138 e. The van der Waals surface area contributed by atoms with E-state index in [0.29, 0.717) is 12.3 Å². The zero-order valence-corrected chi connectivity index (χ0v) is 12.2. The van der Waals surface area contributed by atoms with E-state index in [1.807, 2.05) is 22.9 Å². The largest absolute Gasteiger partial charge is 0.393 e. The van der Waals surface area contributed by atoms with E-state index in [1.165, 1.54) is 5.56 Å².